The van der Waals surface area contributed by atoms with E-state index in [-0.39, 0.29) is 5.91 Å². The largest absolute Gasteiger partial charge is 0.315 e. The van der Waals surface area contributed by atoms with Crippen LogP contribution < -0.4 is 4.90 Å². The molecule has 1 aromatic carbocycles. The molecule has 16 heavy (non-hydrogen) atoms. The van der Waals surface area contributed by atoms with Crippen LogP contribution in [-0.2, 0) is 17.8 Å². The zero-order valence-electron chi connectivity index (χ0n) is 9.53. The molecule has 0 saturated carbocycles. The van der Waals surface area contributed by atoms with Crippen LogP contribution in [0.3, 0.4) is 0 Å². The zero-order valence-corrected chi connectivity index (χ0v) is 10.3. The first-order chi connectivity index (χ1) is 7.61. The summed E-state index contributed by atoms with van der Waals surface area (Å²) >= 11 is 5.73. The highest BCUT2D eigenvalue weighted by Gasteiger charge is 2.23. The van der Waals surface area contributed by atoms with Gasteiger partial charge in [-0.1, -0.05) is 12.1 Å². The predicted octanol–water partition coefficient (Wildman–Crippen LogP) is 1.83. The maximum Gasteiger partial charge on any atom is 0.231 e. The van der Waals surface area contributed by atoms with Crippen molar-refractivity contribution in [2.24, 2.45) is 0 Å². The molecule has 86 valence electrons. The molecule has 0 atom stereocenters. The number of carbonyl (C=O) groups excluding carboxylic acids is 1. The quantitative estimate of drug-likeness (QED) is 0.593. The van der Waals surface area contributed by atoms with Crippen molar-refractivity contribution in [1.29, 1.82) is 0 Å². The van der Waals surface area contributed by atoms with E-state index in [1.165, 1.54) is 5.56 Å². The average molecular weight is 239 g/mol. The van der Waals surface area contributed by atoms with Crippen LogP contribution in [0, 0.1) is 0 Å². The van der Waals surface area contributed by atoms with E-state index in [0.29, 0.717) is 12.4 Å². The van der Waals surface area contributed by atoms with E-state index in [1.54, 1.807) is 4.90 Å². The molecule has 1 aromatic rings. The van der Waals surface area contributed by atoms with Crippen LogP contribution in [0.25, 0.3) is 0 Å². The fraction of sp³-hybridized carbons (Fsp3) is 0.417. The summed E-state index contributed by atoms with van der Waals surface area (Å²) in [5.74, 6) is 0.165. The second-order valence-corrected chi connectivity index (χ2v) is 4.47. The molecule has 1 aliphatic rings. The molecule has 0 bridgehead atoms. The molecule has 4 heteroatoms. The average Bonchev–Trinajstić information content (AvgIpc) is 2.54. The summed E-state index contributed by atoms with van der Waals surface area (Å²) in [6.07, 6.45) is 0.518. The number of benzene rings is 1. The molecule has 1 amide bonds. The van der Waals surface area contributed by atoms with Gasteiger partial charge in [-0.25, -0.2) is 0 Å². The lowest BCUT2D eigenvalue weighted by molar-refractivity contribution is -0.117. The SMILES string of the molecule is CN(CCl)Cc1ccc2c(c1)CC(=O)N2C. The lowest BCUT2D eigenvalue weighted by Gasteiger charge is -2.14. The molecule has 2 rings (SSSR count). The zero-order chi connectivity index (χ0) is 11.7. The van der Waals surface area contributed by atoms with Crippen molar-refractivity contribution in [2.75, 3.05) is 25.0 Å². The van der Waals surface area contributed by atoms with Crippen LogP contribution >= 0.6 is 11.6 Å². The lowest BCUT2D eigenvalue weighted by atomic mass is 10.1. The van der Waals surface area contributed by atoms with Gasteiger partial charge in [-0.15, -0.1) is 11.6 Å². The molecule has 0 unspecified atom stereocenters. The second kappa shape index (κ2) is 4.44. The van der Waals surface area contributed by atoms with Crippen LogP contribution in [0.4, 0.5) is 5.69 Å². The Kier molecular flexibility index (Phi) is 3.17. The summed E-state index contributed by atoms with van der Waals surface area (Å²) in [4.78, 5) is 15.2. The van der Waals surface area contributed by atoms with Gasteiger partial charge in [-0.05, 0) is 24.2 Å². The first-order valence-corrected chi connectivity index (χ1v) is 5.78. The number of halogens is 1. The van der Waals surface area contributed by atoms with Crippen molar-refractivity contribution in [3.05, 3.63) is 29.3 Å². The van der Waals surface area contributed by atoms with E-state index in [4.69, 9.17) is 11.6 Å². The van der Waals surface area contributed by atoms with Crippen molar-refractivity contribution >= 4 is 23.2 Å². The number of nitrogens with zero attached hydrogens (tertiary/aromatic N) is 2. The van der Waals surface area contributed by atoms with Gasteiger partial charge in [0.1, 0.15) is 0 Å². The summed E-state index contributed by atoms with van der Waals surface area (Å²) in [6, 6.07) is 6.67. The molecule has 1 aliphatic heterocycles. The Morgan fingerprint density at radius 2 is 2.25 bits per heavy atom. The number of anilines is 1. The topological polar surface area (TPSA) is 23.6 Å². The first-order valence-electron chi connectivity index (χ1n) is 5.24. The Labute approximate surface area is 101 Å². The van der Waals surface area contributed by atoms with Gasteiger partial charge in [0.2, 0.25) is 5.91 Å². The Morgan fingerprint density at radius 1 is 1.50 bits per heavy atom. The normalized spacial score (nSPS) is 14.8. The molecule has 0 fully saturated rings. The van der Waals surface area contributed by atoms with Gasteiger partial charge in [0.15, 0.2) is 0 Å². The van der Waals surface area contributed by atoms with Crippen molar-refractivity contribution in [1.82, 2.24) is 4.90 Å². The highest BCUT2D eigenvalue weighted by Crippen LogP contribution is 2.28. The smallest absolute Gasteiger partial charge is 0.231 e. The second-order valence-electron chi connectivity index (χ2n) is 4.23. The summed E-state index contributed by atoms with van der Waals surface area (Å²) in [7, 11) is 3.79. The van der Waals surface area contributed by atoms with Crippen LogP contribution in [0.5, 0.6) is 0 Å². The first kappa shape index (κ1) is 11.4. The Morgan fingerprint density at radius 3 is 2.94 bits per heavy atom. The van der Waals surface area contributed by atoms with Gasteiger partial charge in [0.05, 0.1) is 12.4 Å². The number of rotatable bonds is 3. The minimum atomic E-state index is 0.165. The van der Waals surface area contributed by atoms with Crippen LogP contribution in [0.1, 0.15) is 11.1 Å². The maximum absolute atomic E-state index is 11.5. The van der Waals surface area contributed by atoms with Gasteiger partial charge in [0, 0.05) is 19.3 Å². The molecule has 0 saturated heterocycles. The van der Waals surface area contributed by atoms with E-state index in [2.05, 4.69) is 12.1 Å². The fourth-order valence-corrected chi connectivity index (χ4v) is 2.06. The monoisotopic (exact) mass is 238 g/mol. The summed E-state index contributed by atoms with van der Waals surface area (Å²) in [5, 5.41) is 0. The summed E-state index contributed by atoms with van der Waals surface area (Å²) < 4.78 is 0. The summed E-state index contributed by atoms with van der Waals surface area (Å²) in [6.45, 7) is 0.814. The molecule has 0 spiro atoms. The number of hydrogen-bond donors (Lipinski definition) is 0. The predicted molar refractivity (Wildman–Crippen MR) is 65.7 cm³/mol. The fourth-order valence-electron chi connectivity index (χ4n) is 1.98. The van der Waals surface area contributed by atoms with E-state index in [9.17, 15) is 4.79 Å². The Balaban J connectivity index is 2.22. The molecule has 0 aliphatic carbocycles. The van der Waals surface area contributed by atoms with Gasteiger partial charge in [-0.3, -0.25) is 9.69 Å². The van der Waals surface area contributed by atoms with Gasteiger partial charge < -0.3 is 4.90 Å². The third kappa shape index (κ3) is 2.06. The van der Waals surface area contributed by atoms with Gasteiger partial charge >= 0.3 is 0 Å². The van der Waals surface area contributed by atoms with E-state index >= 15 is 0 Å². The molecule has 3 nitrogen and oxygen atoms in total. The number of alkyl halides is 1. The van der Waals surface area contributed by atoms with E-state index < -0.39 is 0 Å². The molecule has 0 radical (unpaired) electrons. The number of amides is 1. The van der Waals surface area contributed by atoms with Gasteiger partial charge in [-0.2, -0.15) is 0 Å². The molecule has 0 N–H and O–H groups in total. The third-order valence-corrected chi connectivity index (χ3v) is 3.29. The molecule has 0 aromatic heterocycles. The van der Waals surface area contributed by atoms with E-state index in [1.807, 2.05) is 25.1 Å². The maximum atomic E-state index is 11.5. The third-order valence-electron chi connectivity index (χ3n) is 2.88. The molecular weight excluding hydrogens is 224 g/mol. The Bertz CT molecular complexity index is 419. The Hall–Kier alpha value is -1.06. The molecule has 1 heterocycles. The highest BCUT2D eigenvalue weighted by atomic mass is 35.5. The van der Waals surface area contributed by atoms with Crippen molar-refractivity contribution in [3.8, 4) is 0 Å². The number of hydrogen-bond acceptors (Lipinski definition) is 2. The van der Waals surface area contributed by atoms with E-state index in [0.717, 1.165) is 17.8 Å². The van der Waals surface area contributed by atoms with Crippen LogP contribution in [0.2, 0.25) is 0 Å². The van der Waals surface area contributed by atoms with Crippen molar-refractivity contribution in [3.63, 3.8) is 0 Å². The lowest BCUT2D eigenvalue weighted by Crippen LogP contribution is -2.20. The minimum absolute atomic E-state index is 0.165. The van der Waals surface area contributed by atoms with Crippen LogP contribution in [-0.4, -0.2) is 30.9 Å². The standard InChI is InChI=1S/C12H15ClN2O/c1-14(8-13)7-9-3-4-11-10(5-9)6-12(16)15(11)2/h3-5H,6-8H2,1-2H3. The number of carbonyl (C=O) groups is 1. The minimum Gasteiger partial charge on any atom is -0.315 e. The van der Waals surface area contributed by atoms with Gasteiger partial charge in [0.25, 0.3) is 0 Å². The van der Waals surface area contributed by atoms with Crippen LogP contribution in [0.15, 0.2) is 18.2 Å². The summed E-state index contributed by atoms with van der Waals surface area (Å²) in [5.41, 5.74) is 3.35. The van der Waals surface area contributed by atoms with Crippen molar-refractivity contribution in [2.45, 2.75) is 13.0 Å². The van der Waals surface area contributed by atoms with Crippen molar-refractivity contribution < 1.29 is 4.79 Å². The number of likely N-dealkylation sites (N-methyl/N-ethyl adjacent to an activating group) is 1. The molecular formula is C12H15ClN2O. The highest BCUT2D eigenvalue weighted by molar-refractivity contribution is 6.17. The number of fused-ring (bicyclic) bond motifs is 1.